The summed E-state index contributed by atoms with van der Waals surface area (Å²) in [5.74, 6) is 0.202. The van der Waals surface area contributed by atoms with Gasteiger partial charge in [0.2, 0.25) is 0 Å². The van der Waals surface area contributed by atoms with Gasteiger partial charge in [0.05, 0.1) is 30.4 Å². The summed E-state index contributed by atoms with van der Waals surface area (Å²) in [6.45, 7) is 0. The van der Waals surface area contributed by atoms with Crippen molar-refractivity contribution in [2.24, 2.45) is 0 Å². The largest absolute Gasteiger partial charge is 0.495 e. The third kappa shape index (κ3) is 2.28. The number of hydrogen-bond acceptors (Lipinski definition) is 2. The maximum atomic E-state index is 12.4. The number of ether oxygens (including phenoxy) is 1. The first-order valence-electron chi connectivity index (χ1n) is 3.56. The van der Waals surface area contributed by atoms with Crippen LogP contribution in [0.15, 0.2) is 12.3 Å². The van der Waals surface area contributed by atoms with Crippen molar-refractivity contribution in [3.8, 4) is 5.75 Å². The van der Waals surface area contributed by atoms with Gasteiger partial charge < -0.3 is 4.74 Å². The van der Waals surface area contributed by atoms with Gasteiger partial charge >= 0.3 is 0 Å². The highest BCUT2D eigenvalue weighted by Gasteiger charge is 2.14. The van der Waals surface area contributed by atoms with E-state index in [0.717, 1.165) is 0 Å². The van der Waals surface area contributed by atoms with Crippen LogP contribution in [0.4, 0.5) is 8.78 Å². The average molecular weight is 208 g/mol. The zero-order chi connectivity index (χ0) is 9.84. The van der Waals surface area contributed by atoms with Gasteiger partial charge in [-0.15, -0.1) is 11.6 Å². The quantitative estimate of drug-likeness (QED) is 0.711. The molecule has 0 aliphatic carbocycles. The van der Waals surface area contributed by atoms with Gasteiger partial charge in [-0.2, -0.15) is 0 Å². The van der Waals surface area contributed by atoms with Crippen molar-refractivity contribution in [1.82, 2.24) is 4.98 Å². The number of alkyl halides is 3. The van der Waals surface area contributed by atoms with Crippen LogP contribution in [0.25, 0.3) is 0 Å². The highest BCUT2D eigenvalue weighted by atomic mass is 35.5. The Labute approximate surface area is 79.5 Å². The SMILES string of the molecule is COc1cnc(CCl)cc1C(F)F. The molecule has 1 aromatic rings. The third-order valence-corrected chi connectivity index (χ3v) is 1.82. The second-order valence-electron chi connectivity index (χ2n) is 2.35. The molecule has 5 heteroatoms. The van der Waals surface area contributed by atoms with Crippen molar-refractivity contribution in [2.75, 3.05) is 7.11 Å². The molecule has 0 aliphatic heterocycles. The molecular weight excluding hydrogens is 200 g/mol. The van der Waals surface area contributed by atoms with Gasteiger partial charge in [-0.25, -0.2) is 8.78 Å². The van der Waals surface area contributed by atoms with Crippen LogP contribution in [-0.2, 0) is 5.88 Å². The van der Waals surface area contributed by atoms with Gasteiger partial charge in [0.15, 0.2) is 0 Å². The number of hydrogen-bond donors (Lipinski definition) is 0. The fourth-order valence-corrected chi connectivity index (χ4v) is 1.06. The Kier molecular flexibility index (Phi) is 3.42. The molecule has 0 spiro atoms. The standard InChI is InChI=1S/C8H8ClF2NO/c1-13-7-4-12-5(3-9)2-6(7)8(10)11/h2,4,8H,3H2,1H3. The predicted molar refractivity (Wildman–Crippen MR) is 45.3 cm³/mol. The Bertz CT molecular complexity index is 293. The van der Waals surface area contributed by atoms with Gasteiger partial charge in [-0.05, 0) is 6.07 Å². The molecule has 0 saturated heterocycles. The van der Waals surface area contributed by atoms with Gasteiger partial charge in [0.1, 0.15) is 5.75 Å². The highest BCUT2D eigenvalue weighted by Crippen LogP contribution is 2.28. The number of methoxy groups -OCH3 is 1. The summed E-state index contributed by atoms with van der Waals surface area (Å²) < 4.78 is 29.5. The zero-order valence-corrected chi connectivity index (χ0v) is 7.68. The maximum Gasteiger partial charge on any atom is 0.267 e. The third-order valence-electron chi connectivity index (χ3n) is 1.55. The highest BCUT2D eigenvalue weighted by molar-refractivity contribution is 6.16. The molecule has 0 N–H and O–H groups in total. The molecule has 0 atom stereocenters. The predicted octanol–water partition coefficient (Wildman–Crippen LogP) is 2.77. The molecule has 0 saturated carbocycles. The minimum atomic E-state index is -2.57. The van der Waals surface area contributed by atoms with E-state index in [4.69, 9.17) is 16.3 Å². The summed E-state index contributed by atoms with van der Waals surface area (Å²) in [5, 5.41) is 0. The molecule has 72 valence electrons. The number of halogens is 3. The van der Waals surface area contributed by atoms with Crippen LogP contribution >= 0.6 is 11.6 Å². The van der Waals surface area contributed by atoms with Crippen molar-refractivity contribution in [3.05, 3.63) is 23.5 Å². The molecule has 1 rings (SSSR count). The molecule has 0 unspecified atom stereocenters. The second kappa shape index (κ2) is 4.37. The van der Waals surface area contributed by atoms with Crippen molar-refractivity contribution < 1.29 is 13.5 Å². The fourth-order valence-electron chi connectivity index (χ4n) is 0.918. The Hall–Kier alpha value is -0.900. The average Bonchev–Trinajstić information content (AvgIpc) is 2.16. The lowest BCUT2D eigenvalue weighted by Crippen LogP contribution is -1.96. The normalized spacial score (nSPS) is 10.5. The van der Waals surface area contributed by atoms with Gasteiger partial charge in [-0.3, -0.25) is 4.98 Å². The molecule has 0 amide bonds. The Morgan fingerprint density at radius 1 is 1.62 bits per heavy atom. The molecule has 0 aromatic carbocycles. The van der Waals surface area contributed by atoms with Crippen molar-refractivity contribution >= 4 is 11.6 Å². The van der Waals surface area contributed by atoms with E-state index in [9.17, 15) is 8.78 Å². The zero-order valence-electron chi connectivity index (χ0n) is 6.93. The maximum absolute atomic E-state index is 12.4. The van der Waals surface area contributed by atoms with Crippen molar-refractivity contribution in [2.45, 2.75) is 12.3 Å². The van der Waals surface area contributed by atoms with E-state index in [2.05, 4.69) is 4.98 Å². The second-order valence-corrected chi connectivity index (χ2v) is 2.62. The van der Waals surface area contributed by atoms with E-state index in [0.29, 0.717) is 5.69 Å². The molecule has 1 aromatic heterocycles. The summed E-state index contributed by atoms with van der Waals surface area (Å²) in [6.07, 6.45) is -1.32. The van der Waals surface area contributed by atoms with Gasteiger partial charge in [0.25, 0.3) is 6.43 Å². The lowest BCUT2D eigenvalue weighted by Gasteiger charge is -2.07. The topological polar surface area (TPSA) is 22.1 Å². The molecule has 0 radical (unpaired) electrons. The molecule has 13 heavy (non-hydrogen) atoms. The van der Waals surface area contributed by atoms with E-state index < -0.39 is 6.43 Å². The van der Waals surface area contributed by atoms with Crippen LogP contribution in [-0.4, -0.2) is 12.1 Å². The molecule has 0 bridgehead atoms. The van der Waals surface area contributed by atoms with Crippen LogP contribution in [0.2, 0.25) is 0 Å². The van der Waals surface area contributed by atoms with Gasteiger partial charge in [-0.1, -0.05) is 0 Å². The first-order valence-corrected chi connectivity index (χ1v) is 4.09. The first kappa shape index (κ1) is 10.2. The van der Waals surface area contributed by atoms with E-state index in [-0.39, 0.29) is 17.2 Å². The van der Waals surface area contributed by atoms with E-state index in [1.165, 1.54) is 19.4 Å². The molecule has 0 fully saturated rings. The summed E-state index contributed by atoms with van der Waals surface area (Å²) in [5.41, 5.74) is 0.242. The van der Waals surface area contributed by atoms with Gasteiger partial charge in [0, 0.05) is 0 Å². The van der Waals surface area contributed by atoms with Crippen LogP contribution in [0, 0.1) is 0 Å². The monoisotopic (exact) mass is 207 g/mol. The fraction of sp³-hybridized carbons (Fsp3) is 0.375. The Morgan fingerprint density at radius 3 is 2.77 bits per heavy atom. The molecular formula is C8H8ClF2NO. The van der Waals surface area contributed by atoms with Crippen LogP contribution in [0.5, 0.6) is 5.75 Å². The number of aromatic nitrogens is 1. The van der Waals surface area contributed by atoms with E-state index in [1.807, 2.05) is 0 Å². The minimum Gasteiger partial charge on any atom is -0.495 e. The molecule has 1 heterocycles. The summed E-state index contributed by atoms with van der Waals surface area (Å²) in [4.78, 5) is 3.82. The summed E-state index contributed by atoms with van der Waals surface area (Å²) in [6, 6.07) is 1.25. The minimum absolute atomic E-state index is 0.0869. The van der Waals surface area contributed by atoms with Crippen LogP contribution < -0.4 is 4.74 Å². The summed E-state index contributed by atoms with van der Waals surface area (Å²) >= 11 is 5.45. The molecule has 2 nitrogen and oxygen atoms in total. The van der Waals surface area contributed by atoms with E-state index >= 15 is 0 Å². The van der Waals surface area contributed by atoms with Crippen molar-refractivity contribution in [1.29, 1.82) is 0 Å². The number of pyridine rings is 1. The van der Waals surface area contributed by atoms with E-state index in [1.54, 1.807) is 0 Å². The van der Waals surface area contributed by atoms with Crippen LogP contribution in [0.1, 0.15) is 17.7 Å². The lowest BCUT2D eigenvalue weighted by molar-refractivity contribution is 0.146. The smallest absolute Gasteiger partial charge is 0.267 e. The van der Waals surface area contributed by atoms with Crippen LogP contribution in [0.3, 0.4) is 0 Å². The van der Waals surface area contributed by atoms with Crippen molar-refractivity contribution in [3.63, 3.8) is 0 Å². The number of nitrogens with zero attached hydrogens (tertiary/aromatic N) is 1. The molecule has 0 aliphatic rings. The Morgan fingerprint density at radius 2 is 2.31 bits per heavy atom. The lowest BCUT2D eigenvalue weighted by atomic mass is 10.2. The first-order chi connectivity index (χ1) is 6.19. The summed E-state index contributed by atoms with van der Waals surface area (Å²) in [7, 11) is 1.32. The number of rotatable bonds is 3. The Balaban J connectivity index is 3.10.